The first-order valence-corrected chi connectivity index (χ1v) is 6.69. The summed E-state index contributed by atoms with van der Waals surface area (Å²) in [6.07, 6.45) is 0. The molecular weight excluding hydrogens is 343 g/mol. The lowest BCUT2D eigenvalue weighted by Gasteiger charge is -2.08. The first-order valence-electron chi connectivity index (χ1n) is 5.90. The number of nitrogens with one attached hydrogen (secondary N) is 1. The fourth-order valence-corrected chi connectivity index (χ4v) is 2.08. The van der Waals surface area contributed by atoms with Gasteiger partial charge in [0.1, 0.15) is 5.82 Å². The maximum Gasteiger partial charge on any atom is 0.273 e. The molecule has 0 aliphatic rings. The quantitative estimate of drug-likeness (QED) is 0.668. The monoisotopic (exact) mass is 352 g/mol. The standard InChI is InChI=1S/C14H10BrFN2O3/c1-8-2-3-9(6-13(8)18(20)21)14(19)17-12-7-10(16)4-5-11(12)15/h2-7H,1H3,(H,17,19). The van der Waals surface area contributed by atoms with Crippen LogP contribution in [0.3, 0.4) is 0 Å². The molecule has 2 aromatic carbocycles. The Bertz CT molecular complexity index is 734. The first kappa shape index (κ1) is 15.1. The van der Waals surface area contributed by atoms with Crippen molar-refractivity contribution in [2.45, 2.75) is 6.92 Å². The molecule has 7 heteroatoms. The van der Waals surface area contributed by atoms with Gasteiger partial charge in [-0.05, 0) is 47.1 Å². The number of amides is 1. The molecule has 0 fully saturated rings. The molecule has 1 N–H and O–H groups in total. The van der Waals surface area contributed by atoms with Crippen LogP contribution in [-0.4, -0.2) is 10.8 Å². The maximum absolute atomic E-state index is 13.2. The predicted octanol–water partition coefficient (Wildman–Crippen LogP) is 4.06. The topological polar surface area (TPSA) is 72.2 Å². The van der Waals surface area contributed by atoms with Gasteiger partial charge in [0, 0.05) is 21.7 Å². The number of carbonyl (C=O) groups is 1. The number of carbonyl (C=O) groups excluding carboxylic acids is 1. The van der Waals surface area contributed by atoms with E-state index in [0.29, 0.717) is 10.0 Å². The van der Waals surface area contributed by atoms with Gasteiger partial charge in [-0.25, -0.2) is 4.39 Å². The van der Waals surface area contributed by atoms with Crippen molar-refractivity contribution in [3.05, 3.63) is 67.9 Å². The lowest BCUT2D eigenvalue weighted by molar-refractivity contribution is -0.385. The predicted molar refractivity (Wildman–Crippen MR) is 79.9 cm³/mol. The van der Waals surface area contributed by atoms with Gasteiger partial charge in [-0.2, -0.15) is 0 Å². The minimum absolute atomic E-state index is 0.128. The third kappa shape index (κ3) is 3.43. The molecule has 0 atom stereocenters. The molecule has 0 saturated heterocycles. The van der Waals surface area contributed by atoms with Crippen molar-refractivity contribution in [3.63, 3.8) is 0 Å². The fraction of sp³-hybridized carbons (Fsp3) is 0.0714. The Labute approximate surface area is 128 Å². The van der Waals surface area contributed by atoms with Gasteiger partial charge in [0.05, 0.1) is 10.6 Å². The minimum atomic E-state index is -0.551. The average molecular weight is 353 g/mol. The van der Waals surface area contributed by atoms with E-state index in [4.69, 9.17) is 0 Å². The van der Waals surface area contributed by atoms with Gasteiger partial charge in [0.25, 0.3) is 11.6 Å². The molecule has 0 bridgehead atoms. The molecular formula is C14H10BrFN2O3. The van der Waals surface area contributed by atoms with Crippen LogP contribution in [0.2, 0.25) is 0 Å². The number of nitrogens with zero attached hydrogens (tertiary/aromatic N) is 1. The molecule has 0 saturated carbocycles. The first-order chi connectivity index (χ1) is 9.88. The molecule has 0 spiro atoms. The number of nitro groups is 1. The van der Waals surface area contributed by atoms with Crippen LogP contribution in [-0.2, 0) is 0 Å². The second kappa shape index (κ2) is 6.01. The molecule has 0 heterocycles. The highest BCUT2D eigenvalue weighted by Gasteiger charge is 2.16. The van der Waals surface area contributed by atoms with E-state index in [1.165, 1.54) is 30.3 Å². The summed E-state index contributed by atoms with van der Waals surface area (Å²) in [6, 6.07) is 8.03. The van der Waals surface area contributed by atoms with Crippen molar-refractivity contribution in [1.82, 2.24) is 0 Å². The number of hydrogen-bond acceptors (Lipinski definition) is 3. The van der Waals surface area contributed by atoms with Gasteiger partial charge in [0.2, 0.25) is 0 Å². The summed E-state index contributed by atoms with van der Waals surface area (Å²) in [4.78, 5) is 22.4. The van der Waals surface area contributed by atoms with Crippen LogP contribution in [0.25, 0.3) is 0 Å². The zero-order valence-electron chi connectivity index (χ0n) is 10.9. The molecule has 5 nitrogen and oxygen atoms in total. The second-order valence-corrected chi connectivity index (χ2v) is 5.19. The summed E-state index contributed by atoms with van der Waals surface area (Å²) in [6.45, 7) is 1.59. The van der Waals surface area contributed by atoms with Crippen molar-refractivity contribution in [1.29, 1.82) is 0 Å². The second-order valence-electron chi connectivity index (χ2n) is 4.34. The van der Waals surface area contributed by atoms with Crippen LogP contribution in [0.1, 0.15) is 15.9 Å². The molecule has 0 unspecified atom stereocenters. The van der Waals surface area contributed by atoms with E-state index in [0.717, 1.165) is 6.07 Å². The van der Waals surface area contributed by atoms with Crippen molar-refractivity contribution >= 4 is 33.2 Å². The Kier molecular flexibility index (Phi) is 4.32. The third-order valence-corrected chi connectivity index (χ3v) is 3.54. The summed E-state index contributed by atoms with van der Waals surface area (Å²) < 4.78 is 13.7. The number of aryl methyl sites for hydroxylation is 1. The van der Waals surface area contributed by atoms with Gasteiger partial charge in [-0.15, -0.1) is 0 Å². The zero-order valence-corrected chi connectivity index (χ0v) is 12.5. The van der Waals surface area contributed by atoms with E-state index >= 15 is 0 Å². The summed E-state index contributed by atoms with van der Waals surface area (Å²) in [5.41, 5.74) is 0.705. The molecule has 0 aliphatic carbocycles. The highest BCUT2D eigenvalue weighted by atomic mass is 79.9. The SMILES string of the molecule is Cc1ccc(C(=O)Nc2cc(F)ccc2Br)cc1[N+](=O)[O-]. The zero-order chi connectivity index (χ0) is 15.6. The Balaban J connectivity index is 2.30. The normalized spacial score (nSPS) is 10.2. The summed E-state index contributed by atoms with van der Waals surface area (Å²) in [5.74, 6) is -1.05. The number of rotatable bonds is 3. The van der Waals surface area contributed by atoms with E-state index in [-0.39, 0.29) is 16.9 Å². The molecule has 108 valence electrons. The van der Waals surface area contributed by atoms with E-state index < -0.39 is 16.6 Å². The highest BCUT2D eigenvalue weighted by molar-refractivity contribution is 9.10. The smallest absolute Gasteiger partial charge is 0.273 e. The summed E-state index contributed by atoms with van der Waals surface area (Å²) in [7, 11) is 0. The molecule has 0 aliphatic heterocycles. The average Bonchev–Trinajstić information content (AvgIpc) is 2.43. The number of anilines is 1. The van der Waals surface area contributed by atoms with Crippen molar-refractivity contribution < 1.29 is 14.1 Å². The molecule has 2 rings (SSSR count). The van der Waals surface area contributed by atoms with Crippen LogP contribution in [0.4, 0.5) is 15.8 Å². The molecule has 1 amide bonds. The Morgan fingerprint density at radius 2 is 2.00 bits per heavy atom. The van der Waals surface area contributed by atoms with Crippen LogP contribution in [0.15, 0.2) is 40.9 Å². The maximum atomic E-state index is 13.2. The van der Waals surface area contributed by atoms with Gasteiger partial charge >= 0.3 is 0 Å². The third-order valence-electron chi connectivity index (χ3n) is 2.84. The van der Waals surface area contributed by atoms with E-state index in [1.54, 1.807) is 6.92 Å². The van der Waals surface area contributed by atoms with Crippen LogP contribution < -0.4 is 5.32 Å². The van der Waals surface area contributed by atoms with Gasteiger partial charge in [-0.1, -0.05) is 6.07 Å². The largest absolute Gasteiger partial charge is 0.321 e. The molecule has 2 aromatic rings. The number of nitro benzene ring substituents is 1. The molecule has 21 heavy (non-hydrogen) atoms. The van der Waals surface area contributed by atoms with Crippen LogP contribution in [0, 0.1) is 22.9 Å². The molecule has 0 radical (unpaired) electrons. The lowest BCUT2D eigenvalue weighted by atomic mass is 10.1. The van der Waals surface area contributed by atoms with Gasteiger partial charge < -0.3 is 5.32 Å². The number of hydrogen-bond donors (Lipinski definition) is 1. The van der Waals surface area contributed by atoms with Crippen molar-refractivity contribution in [3.8, 4) is 0 Å². The van der Waals surface area contributed by atoms with Crippen molar-refractivity contribution in [2.75, 3.05) is 5.32 Å². The minimum Gasteiger partial charge on any atom is -0.321 e. The Hall–Kier alpha value is -2.28. The Morgan fingerprint density at radius 3 is 2.67 bits per heavy atom. The van der Waals surface area contributed by atoms with Gasteiger partial charge in [-0.3, -0.25) is 14.9 Å². The van der Waals surface area contributed by atoms with E-state index in [9.17, 15) is 19.3 Å². The van der Waals surface area contributed by atoms with Crippen LogP contribution in [0.5, 0.6) is 0 Å². The highest BCUT2D eigenvalue weighted by Crippen LogP contribution is 2.25. The summed E-state index contributed by atoms with van der Waals surface area (Å²) in [5, 5.41) is 13.4. The molecule has 0 aromatic heterocycles. The number of benzene rings is 2. The Morgan fingerprint density at radius 1 is 1.29 bits per heavy atom. The van der Waals surface area contributed by atoms with Crippen LogP contribution >= 0.6 is 15.9 Å². The lowest BCUT2D eigenvalue weighted by Crippen LogP contribution is -2.13. The fourth-order valence-electron chi connectivity index (χ4n) is 1.74. The van der Waals surface area contributed by atoms with E-state index in [1.807, 2.05) is 0 Å². The van der Waals surface area contributed by atoms with Gasteiger partial charge in [0.15, 0.2) is 0 Å². The summed E-state index contributed by atoms with van der Waals surface area (Å²) >= 11 is 3.19. The number of halogens is 2. The van der Waals surface area contributed by atoms with Crippen molar-refractivity contribution in [2.24, 2.45) is 0 Å². The van der Waals surface area contributed by atoms with E-state index in [2.05, 4.69) is 21.2 Å².